The van der Waals surface area contributed by atoms with Crippen LogP contribution >= 0.6 is 11.3 Å². The van der Waals surface area contributed by atoms with E-state index in [-0.39, 0.29) is 5.56 Å². The number of pyridine rings is 1. The average Bonchev–Trinajstić information content (AvgIpc) is 3.31. The van der Waals surface area contributed by atoms with Crippen molar-refractivity contribution in [2.75, 3.05) is 36.5 Å². The number of hydrogen-bond donors (Lipinski definition) is 2. The summed E-state index contributed by atoms with van der Waals surface area (Å²) in [6.07, 6.45) is 0.777. The summed E-state index contributed by atoms with van der Waals surface area (Å²) < 4.78 is 11.9. The first-order valence-electron chi connectivity index (χ1n) is 11.9. The molecule has 0 atom stereocenters. The smallest absolute Gasteiger partial charge is 0.250 e. The van der Waals surface area contributed by atoms with E-state index >= 15 is 0 Å². The van der Waals surface area contributed by atoms with Gasteiger partial charge in [-0.25, -0.2) is 0 Å². The molecule has 4 aromatic rings. The molecule has 6 nitrogen and oxygen atoms in total. The number of H-pyrrole nitrogens is 1. The molecule has 2 aliphatic rings. The number of aromatic nitrogens is 1. The number of aromatic amines is 1. The first kappa shape index (κ1) is 21.9. The molecule has 0 saturated carbocycles. The molecule has 0 radical (unpaired) electrons. The Morgan fingerprint density at radius 2 is 1.91 bits per heavy atom. The van der Waals surface area contributed by atoms with Crippen LogP contribution < -0.4 is 20.5 Å². The molecule has 2 aromatic carbocycles. The molecular weight excluding hydrogens is 458 g/mol. The number of thiophene rings is 1. The summed E-state index contributed by atoms with van der Waals surface area (Å²) in [5.41, 5.74) is 5.81. The van der Waals surface area contributed by atoms with Gasteiger partial charge in [-0.05, 0) is 55.0 Å². The second-order valence-electron chi connectivity index (χ2n) is 8.98. The number of rotatable bonds is 5. The predicted molar refractivity (Wildman–Crippen MR) is 141 cm³/mol. The zero-order valence-corrected chi connectivity index (χ0v) is 20.4. The maximum atomic E-state index is 12.5. The van der Waals surface area contributed by atoms with Crippen molar-refractivity contribution in [1.82, 2.24) is 4.98 Å². The summed E-state index contributed by atoms with van der Waals surface area (Å²) in [5.74, 6) is 1.67. The van der Waals surface area contributed by atoms with Crippen molar-refractivity contribution in [3.8, 4) is 22.8 Å². The summed E-state index contributed by atoms with van der Waals surface area (Å²) in [6, 6.07) is 20.4. The Hall–Kier alpha value is -3.55. The van der Waals surface area contributed by atoms with E-state index < -0.39 is 0 Å². The molecule has 0 aliphatic carbocycles. The molecule has 7 heteroatoms. The highest BCUT2D eigenvalue weighted by molar-refractivity contribution is 7.11. The Bertz CT molecular complexity index is 1440. The Morgan fingerprint density at radius 1 is 1.03 bits per heavy atom. The van der Waals surface area contributed by atoms with E-state index in [1.807, 2.05) is 35.6 Å². The molecule has 4 heterocycles. The lowest BCUT2D eigenvalue weighted by Gasteiger charge is -2.29. The second-order valence-corrected chi connectivity index (χ2v) is 10.3. The number of fused-ring (bicyclic) bond motifs is 2. The lowest BCUT2D eigenvalue weighted by atomic mass is 9.96. The molecule has 0 bridgehead atoms. The molecule has 35 heavy (non-hydrogen) atoms. The van der Waals surface area contributed by atoms with E-state index in [2.05, 4.69) is 52.5 Å². The van der Waals surface area contributed by atoms with Crippen molar-refractivity contribution in [2.24, 2.45) is 0 Å². The minimum absolute atomic E-state index is 0.116. The Balaban J connectivity index is 1.27. The fourth-order valence-corrected chi connectivity index (χ4v) is 5.58. The maximum absolute atomic E-state index is 12.5. The van der Waals surface area contributed by atoms with Crippen LogP contribution in [-0.4, -0.2) is 31.3 Å². The zero-order chi connectivity index (χ0) is 23.8. The first-order chi connectivity index (χ1) is 17.1. The monoisotopic (exact) mass is 485 g/mol. The largest absolute Gasteiger partial charge is 0.456 e. The van der Waals surface area contributed by atoms with Crippen LogP contribution in [0.1, 0.15) is 20.9 Å². The highest BCUT2D eigenvalue weighted by Gasteiger charge is 2.22. The third-order valence-electron chi connectivity index (χ3n) is 6.51. The van der Waals surface area contributed by atoms with Gasteiger partial charge in [0.05, 0.1) is 18.9 Å². The number of para-hydroxylation sites is 1. The van der Waals surface area contributed by atoms with E-state index in [0.29, 0.717) is 13.2 Å². The molecule has 2 N–H and O–H groups in total. The molecule has 0 spiro atoms. The van der Waals surface area contributed by atoms with Crippen LogP contribution in [0.3, 0.4) is 0 Å². The van der Waals surface area contributed by atoms with Gasteiger partial charge in [0, 0.05) is 64.4 Å². The molecular formula is C28H27N3O3S. The molecule has 0 unspecified atom stereocenters. The van der Waals surface area contributed by atoms with Crippen molar-refractivity contribution < 1.29 is 9.47 Å². The predicted octanol–water partition coefficient (Wildman–Crippen LogP) is 5.56. The van der Waals surface area contributed by atoms with Gasteiger partial charge in [0.1, 0.15) is 11.5 Å². The maximum Gasteiger partial charge on any atom is 0.250 e. The minimum Gasteiger partial charge on any atom is -0.456 e. The van der Waals surface area contributed by atoms with Crippen LogP contribution in [0, 0.1) is 6.92 Å². The molecule has 0 amide bonds. The summed E-state index contributed by atoms with van der Waals surface area (Å²) in [7, 11) is 0. The van der Waals surface area contributed by atoms with Gasteiger partial charge in [-0.1, -0.05) is 12.1 Å². The summed E-state index contributed by atoms with van der Waals surface area (Å²) in [6.45, 7) is 5.85. The lowest BCUT2D eigenvalue weighted by molar-refractivity contribution is 0.122. The fraction of sp³-hybridized carbons (Fsp3) is 0.250. The number of benzene rings is 2. The number of morpholine rings is 1. The number of nitrogens with zero attached hydrogens (tertiary/aromatic N) is 1. The Kier molecular flexibility index (Phi) is 5.80. The highest BCUT2D eigenvalue weighted by atomic mass is 32.1. The number of ether oxygens (including phenoxy) is 2. The van der Waals surface area contributed by atoms with Crippen molar-refractivity contribution >= 4 is 22.7 Å². The summed E-state index contributed by atoms with van der Waals surface area (Å²) in [5, 5.41) is 3.53. The van der Waals surface area contributed by atoms with Gasteiger partial charge in [0.25, 0.3) is 0 Å². The summed E-state index contributed by atoms with van der Waals surface area (Å²) in [4.78, 5) is 20.4. The number of anilines is 2. The van der Waals surface area contributed by atoms with Crippen molar-refractivity contribution in [3.05, 3.63) is 91.9 Å². The zero-order valence-electron chi connectivity index (χ0n) is 19.6. The van der Waals surface area contributed by atoms with E-state index in [9.17, 15) is 4.79 Å². The van der Waals surface area contributed by atoms with Crippen molar-refractivity contribution in [1.29, 1.82) is 0 Å². The van der Waals surface area contributed by atoms with Crippen molar-refractivity contribution in [2.45, 2.75) is 19.9 Å². The molecule has 2 aliphatic heterocycles. The van der Waals surface area contributed by atoms with Crippen LogP contribution in [0.15, 0.2) is 65.5 Å². The van der Waals surface area contributed by atoms with Gasteiger partial charge >= 0.3 is 0 Å². The second kappa shape index (κ2) is 9.24. The van der Waals surface area contributed by atoms with E-state index in [1.54, 1.807) is 6.07 Å². The number of nitrogens with one attached hydrogen (secondary N) is 2. The number of hydrogen-bond acceptors (Lipinski definition) is 6. The fourth-order valence-electron chi connectivity index (χ4n) is 4.75. The average molecular weight is 486 g/mol. The quantitative estimate of drug-likeness (QED) is 0.341. The molecule has 2 aromatic heterocycles. The summed E-state index contributed by atoms with van der Waals surface area (Å²) >= 11 is 1.82. The van der Waals surface area contributed by atoms with Crippen molar-refractivity contribution in [3.63, 3.8) is 0 Å². The first-order valence-corrected chi connectivity index (χ1v) is 12.7. The van der Waals surface area contributed by atoms with Crippen LogP contribution in [0.4, 0.5) is 11.4 Å². The highest BCUT2D eigenvalue weighted by Crippen LogP contribution is 2.43. The standard InChI is InChI=1S/C28H27N3O3S/c1-18-5-7-23(35-18)17-29-21-6-8-26-20(14-21)13-19-3-2-4-24(28(19)34-26)25-15-22(16-27(32)30-25)31-9-11-33-12-10-31/h2-8,14-16,29H,9-13,17H2,1H3,(H,30,32). The Labute approximate surface area is 208 Å². The topological polar surface area (TPSA) is 66.6 Å². The molecule has 178 valence electrons. The third-order valence-corrected chi connectivity index (χ3v) is 7.51. The molecule has 1 fully saturated rings. The Morgan fingerprint density at radius 3 is 2.74 bits per heavy atom. The number of aryl methyl sites for hydroxylation is 1. The van der Waals surface area contributed by atoms with Gasteiger partial charge in [-0.3, -0.25) is 4.79 Å². The van der Waals surface area contributed by atoms with Gasteiger partial charge in [0.15, 0.2) is 0 Å². The molecule has 1 saturated heterocycles. The third kappa shape index (κ3) is 4.57. The SMILES string of the molecule is Cc1ccc(CNc2ccc3c(c2)Cc2cccc(-c4cc(N5CCOCC5)cc(=O)[nH]4)c2O3)s1. The lowest BCUT2D eigenvalue weighted by Crippen LogP contribution is -2.36. The van der Waals surface area contributed by atoms with Crippen LogP contribution in [0.25, 0.3) is 11.3 Å². The normalized spacial score (nSPS) is 14.7. The molecule has 6 rings (SSSR count). The van der Waals surface area contributed by atoms with Crippen LogP contribution in [-0.2, 0) is 17.7 Å². The van der Waals surface area contributed by atoms with Gasteiger partial charge in [0.2, 0.25) is 5.56 Å². The van der Waals surface area contributed by atoms with E-state index in [1.165, 1.54) is 9.75 Å². The van der Waals surface area contributed by atoms with Gasteiger partial charge in [-0.2, -0.15) is 0 Å². The van der Waals surface area contributed by atoms with Crippen LogP contribution in [0.5, 0.6) is 11.5 Å². The van der Waals surface area contributed by atoms with Gasteiger partial charge in [-0.15, -0.1) is 11.3 Å². The van der Waals surface area contributed by atoms with Gasteiger partial charge < -0.3 is 24.7 Å². The minimum atomic E-state index is -0.116. The van der Waals surface area contributed by atoms with E-state index in [0.717, 1.165) is 71.3 Å². The van der Waals surface area contributed by atoms with E-state index in [4.69, 9.17) is 9.47 Å². The van der Waals surface area contributed by atoms with Crippen LogP contribution in [0.2, 0.25) is 0 Å².